The first-order valence-electron chi connectivity index (χ1n) is 11.2. The number of piperidine rings is 1. The number of nitrogens with one attached hydrogen (secondary N) is 2. The first kappa shape index (κ1) is 22.2. The summed E-state index contributed by atoms with van der Waals surface area (Å²) in [5.41, 5.74) is 2.48. The van der Waals surface area contributed by atoms with Crippen LogP contribution in [0.2, 0.25) is 0 Å². The Morgan fingerprint density at radius 2 is 1.87 bits per heavy atom. The summed E-state index contributed by atoms with van der Waals surface area (Å²) < 4.78 is 5.86. The molecule has 1 fully saturated rings. The van der Waals surface area contributed by atoms with Gasteiger partial charge in [0.2, 0.25) is 5.89 Å². The van der Waals surface area contributed by atoms with E-state index in [1.54, 1.807) is 0 Å². The van der Waals surface area contributed by atoms with Crippen molar-refractivity contribution >= 4 is 11.6 Å². The van der Waals surface area contributed by atoms with Crippen LogP contribution in [-0.4, -0.2) is 30.6 Å². The van der Waals surface area contributed by atoms with Crippen LogP contribution >= 0.6 is 0 Å². The Morgan fingerprint density at radius 1 is 1.17 bits per heavy atom. The van der Waals surface area contributed by atoms with E-state index in [-0.39, 0.29) is 5.41 Å². The van der Waals surface area contributed by atoms with Gasteiger partial charge in [-0.3, -0.25) is 0 Å². The molecule has 1 saturated heterocycles. The molecular weight excluding hydrogens is 374 g/mol. The van der Waals surface area contributed by atoms with Crippen LogP contribution in [0.5, 0.6) is 0 Å². The summed E-state index contributed by atoms with van der Waals surface area (Å²) in [6.07, 6.45) is 4.38. The Labute approximate surface area is 181 Å². The number of hydrogen-bond donors (Lipinski definition) is 2. The van der Waals surface area contributed by atoms with Gasteiger partial charge in [-0.1, -0.05) is 39.8 Å². The molecule has 0 bridgehead atoms. The van der Waals surface area contributed by atoms with Crippen LogP contribution in [-0.2, 0) is 18.5 Å². The van der Waals surface area contributed by atoms with Gasteiger partial charge in [0.15, 0.2) is 5.96 Å². The minimum atomic E-state index is -0.0392. The van der Waals surface area contributed by atoms with Gasteiger partial charge >= 0.3 is 0 Å². The highest BCUT2D eigenvalue weighted by molar-refractivity contribution is 5.79. The molecule has 2 heterocycles. The number of aromatic nitrogens is 1. The van der Waals surface area contributed by atoms with Gasteiger partial charge in [0, 0.05) is 30.7 Å². The summed E-state index contributed by atoms with van der Waals surface area (Å²) in [5.74, 6) is 3.18. The summed E-state index contributed by atoms with van der Waals surface area (Å²) in [6.45, 7) is 15.0. The number of benzene rings is 1. The van der Waals surface area contributed by atoms with Crippen molar-refractivity contribution in [2.24, 2.45) is 10.9 Å². The van der Waals surface area contributed by atoms with Gasteiger partial charge in [-0.25, -0.2) is 9.98 Å². The fraction of sp³-hybridized carbons (Fsp3) is 0.583. The average molecular weight is 412 g/mol. The third-order valence-corrected chi connectivity index (χ3v) is 5.55. The number of guanidine groups is 1. The molecule has 0 radical (unpaired) electrons. The Morgan fingerprint density at radius 3 is 2.47 bits per heavy atom. The lowest BCUT2D eigenvalue weighted by Gasteiger charge is -2.32. The summed E-state index contributed by atoms with van der Waals surface area (Å²) in [7, 11) is 0. The first-order chi connectivity index (χ1) is 14.3. The highest BCUT2D eigenvalue weighted by atomic mass is 16.4. The number of nitrogens with zero attached hydrogens (tertiary/aromatic N) is 3. The predicted molar refractivity (Wildman–Crippen MR) is 124 cm³/mol. The molecule has 6 heteroatoms. The molecule has 0 unspecified atom stereocenters. The van der Waals surface area contributed by atoms with E-state index in [1.165, 1.54) is 24.1 Å². The van der Waals surface area contributed by atoms with E-state index >= 15 is 0 Å². The van der Waals surface area contributed by atoms with Crippen molar-refractivity contribution in [3.8, 4) is 0 Å². The smallest absolute Gasteiger partial charge is 0.213 e. The van der Waals surface area contributed by atoms with Crippen molar-refractivity contribution in [3.05, 3.63) is 47.7 Å². The lowest BCUT2D eigenvalue weighted by molar-refractivity contribution is 0.379. The van der Waals surface area contributed by atoms with Gasteiger partial charge in [-0.05, 0) is 43.4 Å². The predicted octanol–water partition coefficient (Wildman–Crippen LogP) is 4.46. The lowest BCUT2D eigenvalue weighted by Crippen LogP contribution is -2.36. The van der Waals surface area contributed by atoms with Gasteiger partial charge in [0.05, 0.1) is 19.3 Å². The molecule has 164 valence electrons. The zero-order valence-corrected chi connectivity index (χ0v) is 19.2. The second kappa shape index (κ2) is 10.0. The maximum Gasteiger partial charge on any atom is 0.213 e. The van der Waals surface area contributed by atoms with Crippen LogP contribution in [0.3, 0.4) is 0 Å². The summed E-state index contributed by atoms with van der Waals surface area (Å²) in [6, 6.07) is 8.82. The normalized spacial score (nSPS) is 16.0. The van der Waals surface area contributed by atoms with E-state index in [0.717, 1.165) is 37.3 Å². The van der Waals surface area contributed by atoms with E-state index in [1.807, 2.05) is 6.20 Å². The van der Waals surface area contributed by atoms with Crippen molar-refractivity contribution in [1.29, 1.82) is 0 Å². The minimum absolute atomic E-state index is 0.0392. The number of aliphatic imine (C=N–C) groups is 1. The number of oxazole rings is 1. The van der Waals surface area contributed by atoms with E-state index in [4.69, 9.17) is 9.41 Å². The highest BCUT2D eigenvalue weighted by Gasteiger charge is 2.19. The van der Waals surface area contributed by atoms with Gasteiger partial charge < -0.3 is 20.0 Å². The third kappa shape index (κ3) is 6.25. The zero-order chi connectivity index (χ0) is 21.6. The second-order valence-electron chi connectivity index (χ2n) is 9.25. The van der Waals surface area contributed by atoms with E-state index < -0.39 is 0 Å². The van der Waals surface area contributed by atoms with E-state index in [9.17, 15) is 0 Å². The minimum Gasteiger partial charge on any atom is -0.443 e. The summed E-state index contributed by atoms with van der Waals surface area (Å²) >= 11 is 0. The number of rotatable bonds is 6. The van der Waals surface area contributed by atoms with E-state index in [0.29, 0.717) is 19.0 Å². The maximum absolute atomic E-state index is 5.86. The highest BCUT2D eigenvalue weighted by Crippen LogP contribution is 2.24. The molecular formula is C24H37N5O. The number of hydrogen-bond acceptors (Lipinski definition) is 4. The van der Waals surface area contributed by atoms with Crippen LogP contribution in [0.1, 0.15) is 64.7 Å². The largest absolute Gasteiger partial charge is 0.443 e. The third-order valence-electron chi connectivity index (χ3n) is 5.55. The molecule has 1 aromatic heterocycles. The zero-order valence-electron chi connectivity index (χ0n) is 19.2. The molecule has 6 nitrogen and oxygen atoms in total. The topological polar surface area (TPSA) is 65.7 Å². The Hall–Kier alpha value is -2.50. The molecule has 0 spiro atoms. The quantitative estimate of drug-likeness (QED) is 0.543. The van der Waals surface area contributed by atoms with Crippen LogP contribution < -0.4 is 15.5 Å². The average Bonchev–Trinajstić information content (AvgIpc) is 3.21. The second-order valence-corrected chi connectivity index (χ2v) is 9.25. The molecule has 1 aromatic carbocycles. The lowest BCUT2D eigenvalue weighted by atomic mass is 9.94. The van der Waals surface area contributed by atoms with Crippen molar-refractivity contribution < 1.29 is 4.42 Å². The molecule has 2 N–H and O–H groups in total. The van der Waals surface area contributed by atoms with Crippen molar-refractivity contribution in [3.63, 3.8) is 0 Å². The monoisotopic (exact) mass is 411 g/mol. The summed E-state index contributed by atoms with van der Waals surface area (Å²) in [5, 5.41) is 6.60. The van der Waals surface area contributed by atoms with Crippen LogP contribution in [0.15, 0.2) is 39.9 Å². The van der Waals surface area contributed by atoms with Gasteiger partial charge in [0.1, 0.15) is 5.76 Å². The standard InChI is InChI=1S/C24H37N5O/c1-6-25-23(28-17-22-26-16-21(30-22)24(3,4)5)27-15-19-7-9-20(10-8-19)29-13-11-18(2)12-14-29/h7-10,16,18H,6,11-15,17H2,1-5H3,(H2,25,27,28). The van der Waals surface area contributed by atoms with Gasteiger partial charge in [0.25, 0.3) is 0 Å². The molecule has 0 saturated carbocycles. The Bertz CT molecular complexity index is 811. The fourth-order valence-electron chi connectivity index (χ4n) is 3.49. The van der Waals surface area contributed by atoms with E-state index in [2.05, 4.69) is 79.4 Å². The first-order valence-corrected chi connectivity index (χ1v) is 11.2. The van der Waals surface area contributed by atoms with Crippen LogP contribution in [0, 0.1) is 5.92 Å². The summed E-state index contributed by atoms with van der Waals surface area (Å²) in [4.78, 5) is 11.6. The number of anilines is 1. The molecule has 30 heavy (non-hydrogen) atoms. The van der Waals surface area contributed by atoms with Crippen LogP contribution in [0.4, 0.5) is 5.69 Å². The Kier molecular flexibility index (Phi) is 7.40. The molecule has 0 amide bonds. The van der Waals surface area contributed by atoms with Crippen molar-refractivity contribution in [2.75, 3.05) is 24.5 Å². The SMILES string of the molecule is CCNC(=NCc1ccc(N2CCC(C)CC2)cc1)NCc1ncc(C(C)(C)C)o1. The molecule has 0 atom stereocenters. The van der Waals surface area contributed by atoms with Crippen molar-refractivity contribution in [2.45, 2.75) is 66.0 Å². The molecule has 2 aromatic rings. The van der Waals surface area contributed by atoms with Gasteiger partial charge in [-0.2, -0.15) is 0 Å². The molecule has 1 aliphatic rings. The Balaban J connectivity index is 1.55. The van der Waals surface area contributed by atoms with Crippen molar-refractivity contribution in [1.82, 2.24) is 15.6 Å². The maximum atomic E-state index is 5.86. The van der Waals surface area contributed by atoms with Gasteiger partial charge in [-0.15, -0.1) is 0 Å². The fourth-order valence-corrected chi connectivity index (χ4v) is 3.49. The molecule has 1 aliphatic heterocycles. The van der Waals surface area contributed by atoms with Crippen LogP contribution in [0.25, 0.3) is 0 Å². The molecule has 0 aliphatic carbocycles. The molecule has 3 rings (SSSR count).